The van der Waals surface area contributed by atoms with Gasteiger partial charge in [-0.25, -0.2) is 4.57 Å². The maximum absolute atomic E-state index is 10.1. The Kier molecular flexibility index (Phi) is 2.63. The van der Waals surface area contributed by atoms with E-state index in [1.54, 1.807) is 16.8 Å². The summed E-state index contributed by atoms with van der Waals surface area (Å²) in [6.07, 6.45) is 3.10. The van der Waals surface area contributed by atoms with Crippen LogP contribution in [0.2, 0.25) is 0 Å². The minimum Gasteiger partial charge on any atom is -0.550 e. The van der Waals surface area contributed by atoms with E-state index in [9.17, 15) is 9.90 Å². The number of hydrogen-bond donors (Lipinski definition) is 1. The van der Waals surface area contributed by atoms with Crippen LogP contribution in [-0.2, 0) is 11.3 Å². The second-order valence-electron chi connectivity index (χ2n) is 2.42. The molecule has 1 N–H and O–H groups in total. The SMILES string of the molecule is O=C([O-])CC[n+]1cccc(O)c1. The molecule has 1 heterocycles. The van der Waals surface area contributed by atoms with Crippen LogP contribution in [0, 0.1) is 0 Å². The van der Waals surface area contributed by atoms with Crippen LogP contribution in [0.25, 0.3) is 0 Å². The van der Waals surface area contributed by atoms with Crippen molar-refractivity contribution >= 4 is 5.97 Å². The molecule has 1 aromatic heterocycles. The minimum absolute atomic E-state index is 0.0475. The van der Waals surface area contributed by atoms with Gasteiger partial charge in [0.1, 0.15) is 0 Å². The highest BCUT2D eigenvalue weighted by molar-refractivity contribution is 5.63. The predicted molar refractivity (Wildman–Crippen MR) is 37.9 cm³/mol. The summed E-state index contributed by atoms with van der Waals surface area (Å²) in [5.74, 6) is -0.971. The Morgan fingerprint density at radius 3 is 3.00 bits per heavy atom. The topological polar surface area (TPSA) is 64.2 Å². The molecular formula is C8H9NO3. The third kappa shape index (κ3) is 2.57. The first kappa shape index (κ1) is 8.52. The average molecular weight is 167 g/mol. The van der Waals surface area contributed by atoms with Crippen molar-refractivity contribution < 1.29 is 19.6 Å². The lowest BCUT2D eigenvalue weighted by Crippen LogP contribution is -2.36. The van der Waals surface area contributed by atoms with Gasteiger partial charge in [-0.1, -0.05) is 0 Å². The summed E-state index contributed by atoms with van der Waals surface area (Å²) in [4.78, 5) is 10.1. The minimum atomic E-state index is -1.09. The van der Waals surface area contributed by atoms with E-state index >= 15 is 0 Å². The first-order chi connectivity index (χ1) is 5.68. The maximum Gasteiger partial charge on any atom is 0.210 e. The highest BCUT2D eigenvalue weighted by Gasteiger charge is 2.00. The highest BCUT2D eigenvalue weighted by Crippen LogP contribution is 1.99. The van der Waals surface area contributed by atoms with Crippen molar-refractivity contribution in [1.29, 1.82) is 0 Å². The third-order valence-electron chi connectivity index (χ3n) is 1.42. The van der Waals surface area contributed by atoms with Gasteiger partial charge in [0.2, 0.25) is 6.20 Å². The van der Waals surface area contributed by atoms with Crippen molar-refractivity contribution in [2.24, 2.45) is 0 Å². The van der Waals surface area contributed by atoms with E-state index in [4.69, 9.17) is 5.11 Å². The molecule has 4 heteroatoms. The number of aryl methyl sites for hydroxylation is 1. The predicted octanol–water partition coefficient (Wildman–Crippen LogP) is -1.18. The number of pyridine rings is 1. The van der Waals surface area contributed by atoms with E-state index in [2.05, 4.69) is 0 Å². The molecule has 0 aliphatic heterocycles. The summed E-state index contributed by atoms with van der Waals surface area (Å²) in [7, 11) is 0. The first-order valence-electron chi connectivity index (χ1n) is 3.56. The fourth-order valence-electron chi connectivity index (χ4n) is 0.868. The van der Waals surface area contributed by atoms with Crippen molar-refractivity contribution in [3.8, 4) is 5.75 Å². The van der Waals surface area contributed by atoms with Gasteiger partial charge in [-0.05, 0) is 6.07 Å². The molecule has 0 aliphatic carbocycles. The summed E-state index contributed by atoms with van der Waals surface area (Å²) < 4.78 is 1.59. The zero-order valence-corrected chi connectivity index (χ0v) is 6.43. The van der Waals surface area contributed by atoms with Gasteiger partial charge >= 0.3 is 0 Å². The van der Waals surface area contributed by atoms with Crippen LogP contribution >= 0.6 is 0 Å². The molecule has 12 heavy (non-hydrogen) atoms. The number of nitrogens with zero attached hydrogens (tertiary/aromatic N) is 1. The van der Waals surface area contributed by atoms with Crippen LogP contribution in [0.1, 0.15) is 6.42 Å². The highest BCUT2D eigenvalue weighted by atomic mass is 16.4. The molecule has 0 spiro atoms. The Morgan fingerprint density at radius 1 is 1.67 bits per heavy atom. The number of carboxylic acids is 1. The largest absolute Gasteiger partial charge is 0.550 e. The molecular weight excluding hydrogens is 158 g/mol. The third-order valence-corrected chi connectivity index (χ3v) is 1.42. The molecule has 0 amide bonds. The molecule has 0 fully saturated rings. The molecule has 0 aliphatic rings. The number of carboxylic acid groups (broad SMARTS) is 1. The number of rotatable bonds is 3. The summed E-state index contributed by atoms with van der Waals surface area (Å²) >= 11 is 0. The Balaban J connectivity index is 2.57. The molecule has 0 saturated carbocycles. The molecule has 0 radical (unpaired) electrons. The fourth-order valence-corrected chi connectivity index (χ4v) is 0.868. The van der Waals surface area contributed by atoms with E-state index < -0.39 is 5.97 Å². The van der Waals surface area contributed by atoms with Crippen molar-refractivity contribution in [3.05, 3.63) is 24.5 Å². The van der Waals surface area contributed by atoms with Gasteiger partial charge in [0, 0.05) is 18.5 Å². The number of aromatic hydroxyl groups is 1. The number of carbonyl (C=O) groups is 1. The number of aliphatic carboxylic acids is 1. The van der Waals surface area contributed by atoms with Crippen molar-refractivity contribution in [1.82, 2.24) is 0 Å². The quantitative estimate of drug-likeness (QED) is 0.576. The van der Waals surface area contributed by atoms with E-state index in [1.807, 2.05) is 0 Å². The molecule has 1 rings (SSSR count). The monoisotopic (exact) mass is 167 g/mol. The van der Waals surface area contributed by atoms with Gasteiger partial charge in [-0.3, -0.25) is 0 Å². The van der Waals surface area contributed by atoms with Gasteiger partial charge in [-0.2, -0.15) is 0 Å². The second kappa shape index (κ2) is 3.71. The van der Waals surface area contributed by atoms with Crippen LogP contribution in [-0.4, -0.2) is 11.1 Å². The first-order valence-corrected chi connectivity index (χ1v) is 3.56. The van der Waals surface area contributed by atoms with Crippen LogP contribution in [0.15, 0.2) is 24.5 Å². The van der Waals surface area contributed by atoms with Crippen molar-refractivity contribution in [2.75, 3.05) is 0 Å². The van der Waals surface area contributed by atoms with Crippen LogP contribution < -0.4 is 9.67 Å². The number of carbonyl (C=O) groups excluding carboxylic acids is 1. The average Bonchev–Trinajstić information content (AvgIpc) is 2.01. The molecule has 4 nitrogen and oxygen atoms in total. The normalized spacial score (nSPS) is 9.67. The van der Waals surface area contributed by atoms with E-state index in [0.717, 1.165) is 0 Å². The fraction of sp³-hybridized carbons (Fsp3) is 0.250. The Labute approximate surface area is 69.7 Å². The zero-order chi connectivity index (χ0) is 8.97. The molecule has 0 unspecified atom stereocenters. The van der Waals surface area contributed by atoms with Gasteiger partial charge in [0.25, 0.3) is 0 Å². The molecule has 0 aromatic carbocycles. The van der Waals surface area contributed by atoms with Gasteiger partial charge < -0.3 is 15.0 Å². The molecule has 0 bridgehead atoms. The molecule has 0 atom stereocenters. The van der Waals surface area contributed by atoms with Gasteiger partial charge in [0.15, 0.2) is 18.5 Å². The Hall–Kier alpha value is -1.58. The molecule has 64 valence electrons. The lowest BCUT2D eigenvalue weighted by Gasteiger charge is -1.98. The Bertz CT molecular complexity index is 285. The lowest BCUT2D eigenvalue weighted by atomic mass is 10.4. The lowest BCUT2D eigenvalue weighted by molar-refractivity contribution is -0.696. The van der Waals surface area contributed by atoms with Gasteiger partial charge in [-0.15, -0.1) is 0 Å². The number of hydrogen-bond acceptors (Lipinski definition) is 3. The van der Waals surface area contributed by atoms with Crippen LogP contribution in [0.3, 0.4) is 0 Å². The summed E-state index contributed by atoms with van der Waals surface area (Å²) in [5, 5.41) is 19.1. The standard InChI is InChI=1S/C8H9NO3/c10-7-2-1-4-9(6-7)5-3-8(11)12/h1-2,4,6H,3,5H2,(H-,10,11,12). The van der Waals surface area contributed by atoms with E-state index in [1.165, 1.54) is 12.3 Å². The maximum atomic E-state index is 10.1. The second-order valence-corrected chi connectivity index (χ2v) is 2.42. The van der Waals surface area contributed by atoms with E-state index in [-0.39, 0.29) is 12.2 Å². The van der Waals surface area contributed by atoms with E-state index in [0.29, 0.717) is 6.54 Å². The Morgan fingerprint density at radius 2 is 2.42 bits per heavy atom. The van der Waals surface area contributed by atoms with Crippen LogP contribution in [0.5, 0.6) is 5.75 Å². The summed E-state index contributed by atoms with van der Waals surface area (Å²) in [5.41, 5.74) is 0. The van der Waals surface area contributed by atoms with Gasteiger partial charge in [0.05, 0.1) is 0 Å². The van der Waals surface area contributed by atoms with Crippen molar-refractivity contribution in [2.45, 2.75) is 13.0 Å². The molecule has 1 aromatic rings. The summed E-state index contributed by atoms with van der Waals surface area (Å²) in [6, 6.07) is 3.17. The zero-order valence-electron chi connectivity index (χ0n) is 6.43. The van der Waals surface area contributed by atoms with Crippen LogP contribution in [0.4, 0.5) is 0 Å². The summed E-state index contributed by atoms with van der Waals surface area (Å²) in [6.45, 7) is 0.316. The number of aromatic nitrogens is 1. The molecule has 0 saturated heterocycles. The van der Waals surface area contributed by atoms with Crippen molar-refractivity contribution in [3.63, 3.8) is 0 Å². The smallest absolute Gasteiger partial charge is 0.210 e.